The number of nitrogens with zero attached hydrogens (tertiary/aromatic N) is 2. The van der Waals surface area contributed by atoms with Crippen molar-refractivity contribution in [3.8, 4) is 0 Å². The molecule has 26 heavy (non-hydrogen) atoms. The van der Waals surface area contributed by atoms with Gasteiger partial charge in [-0.1, -0.05) is 68.5 Å². The topological polar surface area (TPSA) is 28.2 Å². The molecule has 1 aliphatic carbocycles. The molecule has 4 heteroatoms. The Bertz CT molecular complexity index is 610. The third kappa shape index (κ3) is 6.10. The average Bonchev–Trinajstić information content (AvgIpc) is 2.65. The summed E-state index contributed by atoms with van der Waals surface area (Å²) in [7, 11) is 0. The SMILES string of the molecule is S=C(NC1CCCCCCC1)N(Cc1ccccc1)Cc1ccccn1. The van der Waals surface area contributed by atoms with Gasteiger partial charge in [0.1, 0.15) is 0 Å². The Morgan fingerprint density at radius 2 is 1.62 bits per heavy atom. The third-order valence-electron chi connectivity index (χ3n) is 5.02. The Morgan fingerprint density at radius 1 is 0.923 bits per heavy atom. The largest absolute Gasteiger partial charge is 0.360 e. The van der Waals surface area contributed by atoms with Crippen LogP contribution in [0.4, 0.5) is 0 Å². The number of hydrogen-bond donors (Lipinski definition) is 1. The number of benzene rings is 1. The predicted octanol–water partition coefficient (Wildman–Crippen LogP) is 5.07. The second kappa shape index (κ2) is 10.3. The van der Waals surface area contributed by atoms with Gasteiger partial charge in [0.25, 0.3) is 0 Å². The maximum absolute atomic E-state index is 5.82. The summed E-state index contributed by atoms with van der Waals surface area (Å²) in [6, 6.07) is 17.1. The van der Waals surface area contributed by atoms with Gasteiger partial charge >= 0.3 is 0 Å². The number of pyridine rings is 1. The molecule has 1 aliphatic rings. The van der Waals surface area contributed by atoms with Crippen molar-refractivity contribution >= 4 is 17.3 Å². The van der Waals surface area contributed by atoms with Crippen LogP contribution in [0.1, 0.15) is 56.2 Å². The lowest BCUT2D eigenvalue weighted by atomic mass is 9.97. The number of rotatable bonds is 5. The molecular formula is C22H29N3S. The average molecular weight is 368 g/mol. The summed E-state index contributed by atoms with van der Waals surface area (Å²) in [6.45, 7) is 1.53. The predicted molar refractivity (Wildman–Crippen MR) is 112 cm³/mol. The molecule has 1 saturated carbocycles. The molecule has 138 valence electrons. The van der Waals surface area contributed by atoms with Gasteiger partial charge in [-0.25, -0.2) is 0 Å². The van der Waals surface area contributed by atoms with Gasteiger partial charge in [-0.3, -0.25) is 4.98 Å². The molecule has 0 radical (unpaired) electrons. The Kier molecular flexibility index (Phi) is 7.44. The molecule has 1 fully saturated rings. The van der Waals surface area contributed by atoms with Crippen LogP contribution in [0.2, 0.25) is 0 Å². The van der Waals surface area contributed by atoms with Crippen LogP contribution in [0.25, 0.3) is 0 Å². The first-order valence-corrected chi connectivity index (χ1v) is 10.2. The molecular weight excluding hydrogens is 338 g/mol. The first kappa shape index (κ1) is 18.8. The molecule has 0 aliphatic heterocycles. The van der Waals surface area contributed by atoms with E-state index in [1.54, 1.807) is 0 Å². The summed E-state index contributed by atoms with van der Waals surface area (Å²) >= 11 is 5.82. The normalized spacial score (nSPS) is 15.7. The summed E-state index contributed by atoms with van der Waals surface area (Å²) in [5, 5.41) is 4.51. The highest BCUT2D eigenvalue weighted by atomic mass is 32.1. The first-order valence-electron chi connectivity index (χ1n) is 9.80. The van der Waals surface area contributed by atoms with Crippen molar-refractivity contribution in [3.05, 3.63) is 66.0 Å². The first-order chi connectivity index (χ1) is 12.8. The van der Waals surface area contributed by atoms with Crippen molar-refractivity contribution in [3.63, 3.8) is 0 Å². The van der Waals surface area contributed by atoms with E-state index in [-0.39, 0.29) is 0 Å². The van der Waals surface area contributed by atoms with Crippen molar-refractivity contribution in [1.29, 1.82) is 0 Å². The van der Waals surface area contributed by atoms with E-state index in [0.29, 0.717) is 6.04 Å². The number of hydrogen-bond acceptors (Lipinski definition) is 2. The van der Waals surface area contributed by atoms with Crippen molar-refractivity contribution in [2.24, 2.45) is 0 Å². The van der Waals surface area contributed by atoms with Gasteiger partial charge in [0.15, 0.2) is 5.11 Å². The quantitative estimate of drug-likeness (QED) is 0.747. The Morgan fingerprint density at radius 3 is 2.31 bits per heavy atom. The Hall–Kier alpha value is -1.94. The van der Waals surface area contributed by atoms with E-state index in [4.69, 9.17) is 12.2 Å². The van der Waals surface area contributed by atoms with Crippen LogP contribution in [0.3, 0.4) is 0 Å². The fraction of sp³-hybridized carbons (Fsp3) is 0.455. The van der Waals surface area contributed by atoms with Gasteiger partial charge in [0.2, 0.25) is 0 Å². The minimum absolute atomic E-state index is 0.504. The monoisotopic (exact) mass is 367 g/mol. The second-order valence-corrected chi connectivity index (χ2v) is 7.54. The molecule has 1 aromatic carbocycles. The lowest BCUT2D eigenvalue weighted by Gasteiger charge is -2.30. The van der Waals surface area contributed by atoms with Crippen molar-refractivity contribution < 1.29 is 0 Å². The van der Waals surface area contributed by atoms with Gasteiger partial charge in [0, 0.05) is 18.8 Å². The molecule has 0 saturated heterocycles. The van der Waals surface area contributed by atoms with Crippen LogP contribution >= 0.6 is 12.2 Å². The minimum Gasteiger partial charge on any atom is -0.360 e. The van der Waals surface area contributed by atoms with E-state index in [1.807, 2.05) is 18.3 Å². The molecule has 0 atom stereocenters. The van der Waals surface area contributed by atoms with Crippen LogP contribution in [0.5, 0.6) is 0 Å². The van der Waals surface area contributed by atoms with Gasteiger partial charge in [-0.2, -0.15) is 0 Å². The summed E-state index contributed by atoms with van der Waals surface area (Å²) in [6.07, 6.45) is 11.0. The molecule has 1 N–H and O–H groups in total. The maximum Gasteiger partial charge on any atom is 0.169 e. The number of nitrogens with one attached hydrogen (secondary N) is 1. The van der Waals surface area contributed by atoms with Crippen LogP contribution < -0.4 is 5.32 Å². The van der Waals surface area contributed by atoms with Crippen molar-refractivity contribution in [2.45, 2.75) is 64.1 Å². The highest BCUT2D eigenvalue weighted by Gasteiger charge is 2.17. The standard InChI is InChI=1S/C22H29N3S/c26-22(24-20-13-7-2-1-3-8-14-20)25(17-19-11-5-4-6-12-19)18-21-15-9-10-16-23-21/h4-6,9-12,15-16,20H,1-3,7-8,13-14,17-18H2,(H,24,26). The molecule has 1 heterocycles. The molecule has 0 bridgehead atoms. The number of aromatic nitrogens is 1. The zero-order chi connectivity index (χ0) is 18.0. The van der Waals surface area contributed by atoms with Gasteiger partial charge < -0.3 is 10.2 Å². The smallest absolute Gasteiger partial charge is 0.169 e. The van der Waals surface area contributed by atoms with E-state index in [1.165, 1.54) is 50.5 Å². The number of thiocarbonyl (C=S) groups is 1. The molecule has 1 aromatic heterocycles. The molecule has 3 nitrogen and oxygen atoms in total. The van der Waals surface area contributed by atoms with E-state index in [0.717, 1.165) is 23.9 Å². The third-order valence-corrected chi connectivity index (χ3v) is 5.39. The van der Waals surface area contributed by atoms with Gasteiger partial charge in [-0.15, -0.1) is 0 Å². The Balaban J connectivity index is 1.67. The summed E-state index contributed by atoms with van der Waals surface area (Å²) in [5.74, 6) is 0. The Labute approximate surface area is 162 Å². The van der Waals surface area contributed by atoms with Gasteiger partial charge in [-0.05, 0) is 42.8 Å². The zero-order valence-corrected chi connectivity index (χ0v) is 16.3. The van der Waals surface area contributed by atoms with E-state index in [9.17, 15) is 0 Å². The second-order valence-electron chi connectivity index (χ2n) is 7.15. The highest BCUT2D eigenvalue weighted by molar-refractivity contribution is 7.80. The van der Waals surface area contributed by atoms with Crippen LogP contribution in [-0.2, 0) is 13.1 Å². The van der Waals surface area contributed by atoms with Crippen molar-refractivity contribution in [2.75, 3.05) is 0 Å². The fourth-order valence-electron chi connectivity index (χ4n) is 3.56. The van der Waals surface area contributed by atoms with Gasteiger partial charge in [0.05, 0.1) is 12.2 Å². The highest BCUT2D eigenvalue weighted by Crippen LogP contribution is 2.18. The minimum atomic E-state index is 0.504. The summed E-state index contributed by atoms with van der Waals surface area (Å²) in [5.41, 5.74) is 2.32. The zero-order valence-electron chi connectivity index (χ0n) is 15.4. The lowest BCUT2D eigenvalue weighted by Crippen LogP contribution is -2.44. The van der Waals surface area contributed by atoms with Crippen LogP contribution in [0.15, 0.2) is 54.7 Å². The van der Waals surface area contributed by atoms with E-state index in [2.05, 4.69) is 51.6 Å². The lowest BCUT2D eigenvalue weighted by molar-refractivity contribution is 0.367. The molecule has 3 rings (SSSR count). The molecule has 0 amide bonds. The van der Waals surface area contributed by atoms with Crippen LogP contribution in [0, 0.1) is 0 Å². The van der Waals surface area contributed by atoms with Crippen molar-refractivity contribution in [1.82, 2.24) is 15.2 Å². The van der Waals surface area contributed by atoms with E-state index >= 15 is 0 Å². The fourth-order valence-corrected chi connectivity index (χ4v) is 3.85. The molecule has 2 aromatic rings. The van der Waals surface area contributed by atoms with E-state index < -0.39 is 0 Å². The van der Waals surface area contributed by atoms with Crippen LogP contribution in [-0.4, -0.2) is 21.0 Å². The maximum atomic E-state index is 5.82. The molecule has 0 spiro atoms. The summed E-state index contributed by atoms with van der Waals surface area (Å²) < 4.78 is 0. The summed E-state index contributed by atoms with van der Waals surface area (Å²) in [4.78, 5) is 6.73. The molecule has 0 unspecified atom stereocenters.